The maximum Gasteiger partial charge on any atom is 0.357 e. The summed E-state index contributed by atoms with van der Waals surface area (Å²) in [7, 11) is 3.05. The molecule has 0 atom stereocenters. The molecule has 3 rings (SSSR count). The minimum atomic E-state index is -0.574. The van der Waals surface area contributed by atoms with Crippen molar-refractivity contribution in [1.29, 1.82) is 5.26 Å². The molecule has 0 aliphatic carbocycles. The molecule has 0 amide bonds. The zero-order valence-corrected chi connectivity index (χ0v) is 14.9. The smallest absolute Gasteiger partial charge is 0.357 e. The maximum absolute atomic E-state index is 12.1. The van der Waals surface area contributed by atoms with E-state index in [1.807, 2.05) is 30.3 Å². The van der Waals surface area contributed by atoms with Gasteiger partial charge in [-0.15, -0.1) is 0 Å². The first-order valence-corrected chi connectivity index (χ1v) is 8.46. The Kier molecular flexibility index (Phi) is 5.14. The van der Waals surface area contributed by atoms with Crippen LogP contribution < -0.4 is 10.6 Å². The average Bonchev–Trinajstić information content (AvgIpc) is 3.04. The molecule has 7 nitrogen and oxygen atoms in total. The molecule has 2 heterocycles. The molecular weight excluding hydrogens is 332 g/mol. The van der Waals surface area contributed by atoms with Crippen LogP contribution in [0.3, 0.4) is 0 Å². The normalized spacial score (nSPS) is 14.9. The van der Waals surface area contributed by atoms with Crippen molar-refractivity contribution in [2.24, 2.45) is 0 Å². The average molecular weight is 354 g/mol. The number of benzene rings is 1. The van der Waals surface area contributed by atoms with Crippen LogP contribution in [-0.4, -0.2) is 43.9 Å². The van der Waals surface area contributed by atoms with E-state index in [4.69, 9.17) is 15.2 Å². The zero-order chi connectivity index (χ0) is 18.7. The number of rotatable bonds is 4. The molecule has 2 N–H and O–H groups in total. The van der Waals surface area contributed by atoms with E-state index in [1.54, 1.807) is 17.9 Å². The van der Waals surface area contributed by atoms with Crippen LogP contribution in [0, 0.1) is 11.3 Å². The van der Waals surface area contributed by atoms with Gasteiger partial charge in [0, 0.05) is 37.8 Å². The molecule has 0 spiro atoms. The first kappa shape index (κ1) is 17.8. The summed E-state index contributed by atoms with van der Waals surface area (Å²) >= 11 is 0. The van der Waals surface area contributed by atoms with Crippen LogP contribution in [0.2, 0.25) is 0 Å². The molecule has 1 fully saturated rings. The predicted octanol–water partition coefficient (Wildman–Crippen LogP) is 2.33. The third kappa shape index (κ3) is 3.24. The number of hydrogen-bond donors (Lipinski definition) is 1. The van der Waals surface area contributed by atoms with Gasteiger partial charge in [0.15, 0.2) is 5.69 Å². The number of nitriles is 1. The van der Waals surface area contributed by atoms with Crippen molar-refractivity contribution in [1.82, 2.24) is 4.57 Å². The molecule has 1 aliphatic heterocycles. The summed E-state index contributed by atoms with van der Waals surface area (Å²) in [5.41, 5.74) is 8.34. The minimum absolute atomic E-state index is 0.130. The number of nitrogens with zero attached hydrogens (tertiary/aromatic N) is 3. The zero-order valence-electron chi connectivity index (χ0n) is 14.9. The monoisotopic (exact) mass is 354 g/mol. The fourth-order valence-electron chi connectivity index (χ4n) is 3.29. The molecule has 26 heavy (non-hydrogen) atoms. The van der Waals surface area contributed by atoms with Gasteiger partial charge in [-0.3, -0.25) is 0 Å². The van der Waals surface area contributed by atoms with E-state index in [0.717, 1.165) is 37.3 Å². The van der Waals surface area contributed by atoms with Gasteiger partial charge in [-0.1, -0.05) is 0 Å². The third-order valence-corrected chi connectivity index (χ3v) is 4.81. The number of hydrogen-bond acceptors (Lipinski definition) is 6. The maximum atomic E-state index is 12.1. The van der Waals surface area contributed by atoms with E-state index < -0.39 is 5.97 Å². The fraction of sp³-hybridized carbons (Fsp3) is 0.368. The fourth-order valence-corrected chi connectivity index (χ4v) is 3.29. The molecule has 2 aromatic rings. The summed E-state index contributed by atoms with van der Waals surface area (Å²) in [4.78, 5) is 14.4. The first-order valence-electron chi connectivity index (χ1n) is 8.46. The summed E-state index contributed by atoms with van der Waals surface area (Å²) in [6.07, 6.45) is 3.90. The lowest BCUT2D eigenvalue weighted by Crippen LogP contribution is -2.36. The summed E-state index contributed by atoms with van der Waals surface area (Å²) in [6.45, 7) is 1.89. The highest BCUT2D eigenvalue weighted by Gasteiger charge is 2.22. The second kappa shape index (κ2) is 7.50. The Hall–Kier alpha value is -2.98. The van der Waals surface area contributed by atoms with Gasteiger partial charge in [0.05, 0.1) is 24.5 Å². The Bertz CT molecular complexity index is 828. The summed E-state index contributed by atoms with van der Waals surface area (Å²) in [6, 6.07) is 9.83. The van der Waals surface area contributed by atoms with Crippen LogP contribution in [0.5, 0.6) is 0 Å². The lowest BCUT2D eigenvalue weighted by atomic mass is 10.1. The van der Waals surface area contributed by atoms with E-state index in [0.29, 0.717) is 6.10 Å². The van der Waals surface area contributed by atoms with Crippen molar-refractivity contribution in [2.45, 2.75) is 18.9 Å². The number of nitrogen functional groups attached to an aromatic ring is 1. The first-order chi connectivity index (χ1) is 12.6. The number of nitrogens with two attached hydrogens (primary N) is 1. The van der Waals surface area contributed by atoms with Crippen LogP contribution in [0.4, 0.5) is 11.4 Å². The molecule has 1 aliphatic rings. The minimum Gasteiger partial charge on any atom is -0.464 e. The lowest BCUT2D eigenvalue weighted by molar-refractivity contribution is 0.0593. The molecule has 0 unspecified atom stereocenters. The second-order valence-corrected chi connectivity index (χ2v) is 6.22. The molecule has 1 saturated heterocycles. The Morgan fingerprint density at radius 3 is 2.35 bits per heavy atom. The van der Waals surface area contributed by atoms with Gasteiger partial charge in [-0.05, 0) is 37.1 Å². The van der Waals surface area contributed by atoms with Crippen molar-refractivity contribution >= 4 is 17.3 Å². The van der Waals surface area contributed by atoms with E-state index in [-0.39, 0.29) is 16.9 Å². The number of piperidine rings is 1. The SMILES string of the molecule is COC(=O)c1c(N)c(C#N)cn1-c1ccc(N2CCC(OC)CC2)cc1. The van der Waals surface area contributed by atoms with Gasteiger partial charge in [0.25, 0.3) is 0 Å². The van der Waals surface area contributed by atoms with Crippen LogP contribution >= 0.6 is 0 Å². The van der Waals surface area contributed by atoms with Gasteiger partial charge in [-0.2, -0.15) is 5.26 Å². The quantitative estimate of drug-likeness (QED) is 0.847. The molecule has 0 saturated carbocycles. The Balaban J connectivity index is 1.88. The van der Waals surface area contributed by atoms with Crippen LogP contribution in [0.1, 0.15) is 28.9 Å². The Morgan fingerprint density at radius 1 is 1.19 bits per heavy atom. The number of methoxy groups -OCH3 is 2. The number of ether oxygens (including phenoxy) is 2. The summed E-state index contributed by atoms with van der Waals surface area (Å²) < 4.78 is 11.8. The van der Waals surface area contributed by atoms with Crippen molar-refractivity contribution in [3.63, 3.8) is 0 Å². The van der Waals surface area contributed by atoms with Gasteiger partial charge >= 0.3 is 5.97 Å². The largest absolute Gasteiger partial charge is 0.464 e. The predicted molar refractivity (Wildman–Crippen MR) is 98.5 cm³/mol. The Labute approximate surface area is 152 Å². The van der Waals surface area contributed by atoms with Gasteiger partial charge in [0.1, 0.15) is 6.07 Å². The van der Waals surface area contributed by atoms with Crippen molar-refractivity contribution in [2.75, 3.05) is 37.9 Å². The van der Waals surface area contributed by atoms with E-state index >= 15 is 0 Å². The van der Waals surface area contributed by atoms with Crippen molar-refractivity contribution in [3.8, 4) is 11.8 Å². The molecule has 136 valence electrons. The van der Waals surface area contributed by atoms with Crippen LogP contribution in [0.15, 0.2) is 30.5 Å². The topological polar surface area (TPSA) is 93.5 Å². The molecular formula is C19H22N4O3. The van der Waals surface area contributed by atoms with Crippen molar-refractivity contribution < 1.29 is 14.3 Å². The Morgan fingerprint density at radius 2 is 1.81 bits per heavy atom. The molecule has 1 aromatic carbocycles. The van der Waals surface area contributed by atoms with Gasteiger partial charge in [-0.25, -0.2) is 4.79 Å². The third-order valence-electron chi connectivity index (χ3n) is 4.81. The number of esters is 1. The van der Waals surface area contributed by atoms with E-state index in [2.05, 4.69) is 4.90 Å². The summed E-state index contributed by atoms with van der Waals surface area (Å²) in [5, 5.41) is 9.20. The number of carbonyl (C=O) groups is 1. The van der Waals surface area contributed by atoms with Crippen molar-refractivity contribution in [3.05, 3.63) is 41.7 Å². The van der Waals surface area contributed by atoms with Crippen LogP contribution in [0.25, 0.3) is 5.69 Å². The highest BCUT2D eigenvalue weighted by Crippen LogP contribution is 2.27. The molecule has 0 radical (unpaired) electrons. The highest BCUT2D eigenvalue weighted by molar-refractivity contribution is 5.95. The summed E-state index contributed by atoms with van der Waals surface area (Å²) in [5.74, 6) is -0.574. The van der Waals surface area contributed by atoms with Gasteiger partial charge < -0.3 is 24.7 Å². The highest BCUT2D eigenvalue weighted by atomic mass is 16.5. The second-order valence-electron chi connectivity index (χ2n) is 6.22. The standard InChI is InChI=1S/C19H22N4O3/c1-25-16-7-9-22(10-8-16)14-3-5-15(6-4-14)23-12-13(11-20)17(21)18(23)19(24)26-2/h3-6,12,16H,7-10,21H2,1-2H3. The lowest BCUT2D eigenvalue weighted by Gasteiger charge is -2.33. The van der Waals surface area contributed by atoms with E-state index in [9.17, 15) is 10.1 Å². The van der Waals surface area contributed by atoms with Crippen LogP contribution in [-0.2, 0) is 9.47 Å². The number of carbonyl (C=O) groups excluding carboxylic acids is 1. The number of anilines is 2. The van der Waals surface area contributed by atoms with Gasteiger partial charge in [0.2, 0.25) is 0 Å². The molecule has 7 heteroatoms. The van der Waals surface area contributed by atoms with E-state index in [1.165, 1.54) is 7.11 Å². The molecule has 1 aromatic heterocycles. The number of aromatic nitrogens is 1. The molecule has 0 bridgehead atoms.